The van der Waals surface area contributed by atoms with Gasteiger partial charge in [0.2, 0.25) is 0 Å². The molecule has 0 spiro atoms. The van der Waals surface area contributed by atoms with Crippen LogP contribution < -0.4 is 0 Å². The minimum absolute atomic E-state index is 0.0221. The Labute approximate surface area is 194 Å². The van der Waals surface area contributed by atoms with Crippen LogP contribution in [0.15, 0.2) is 11.6 Å². The minimum Gasteiger partial charge on any atom is -0.396 e. The van der Waals surface area contributed by atoms with Crippen molar-refractivity contribution in [2.75, 3.05) is 6.61 Å². The van der Waals surface area contributed by atoms with E-state index in [1.165, 1.54) is 12.8 Å². The monoisotopic (exact) mass is 450 g/mol. The number of Topliss-reactive ketones (excluding diaryl/α,β-unsaturated/α-hetero) is 1. The fourth-order valence-corrected chi connectivity index (χ4v) is 7.45. The fourth-order valence-electron chi connectivity index (χ4n) is 7.45. The Hall–Kier alpha value is -0.750. The van der Waals surface area contributed by atoms with Crippen LogP contribution in [0.25, 0.3) is 0 Å². The van der Waals surface area contributed by atoms with E-state index in [0.717, 1.165) is 19.3 Å². The van der Waals surface area contributed by atoms with E-state index >= 15 is 0 Å². The van der Waals surface area contributed by atoms with Gasteiger partial charge in [0.15, 0.2) is 5.78 Å². The van der Waals surface area contributed by atoms with Crippen LogP contribution in [0.4, 0.5) is 0 Å². The van der Waals surface area contributed by atoms with Crippen LogP contribution in [0, 0.1) is 34.5 Å². The number of rotatable bonds is 8. The summed E-state index contributed by atoms with van der Waals surface area (Å²) >= 11 is 0. The first-order chi connectivity index (χ1) is 14.9. The topological polar surface area (TPSA) is 98.0 Å². The lowest BCUT2D eigenvalue weighted by atomic mass is 9.53. The zero-order valence-corrected chi connectivity index (χ0v) is 20.8. The van der Waals surface area contributed by atoms with Crippen molar-refractivity contribution in [3.63, 3.8) is 0 Å². The van der Waals surface area contributed by atoms with Crippen molar-refractivity contribution >= 4 is 5.78 Å². The number of hydrogen-bond donors (Lipinski definition) is 4. The molecule has 184 valence electrons. The molecule has 0 saturated heterocycles. The van der Waals surface area contributed by atoms with E-state index in [1.54, 1.807) is 13.0 Å². The maximum atomic E-state index is 13.9. The van der Waals surface area contributed by atoms with Gasteiger partial charge in [-0.2, -0.15) is 0 Å². The van der Waals surface area contributed by atoms with Crippen LogP contribution in [-0.4, -0.2) is 50.6 Å². The Morgan fingerprint density at radius 2 is 1.78 bits per heavy atom. The molecule has 2 fully saturated rings. The highest BCUT2D eigenvalue weighted by Crippen LogP contribution is 2.60. The van der Waals surface area contributed by atoms with Gasteiger partial charge in [-0.15, -0.1) is 0 Å². The van der Waals surface area contributed by atoms with E-state index in [2.05, 4.69) is 27.7 Å². The van der Waals surface area contributed by atoms with Crippen molar-refractivity contribution in [3.8, 4) is 0 Å². The van der Waals surface area contributed by atoms with Gasteiger partial charge in [0, 0.05) is 13.0 Å². The van der Waals surface area contributed by atoms with Gasteiger partial charge in [0.05, 0.1) is 11.5 Å². The van der Waals surface area contributed by atoms with Crippen molar-refractivity contribution in [1.82, 2.24) is 0 Å². The molecule has 0 amide bonds. The predicted molar refractivity (Wildman–Crippen MR) is 126 cm³/mol. The van der Waals surface area contributed by atoms with Gasteiger partial charge in [0.25, 0.3) is 0 Å². The molecular formula is C27H46O5. The zero-order chi connectivity index (χ0) is 23.9. The number of ketones is 1. The number of carbonyl (C=O) groups excluding carboxylic acids is 1. The fraction of sp³-hybridized carbons (Fsp3) is 0.889. The molecule has 3 aliphatic rings. The number of aliphatic hydroxyl groups excluding tert-OH is 3. The summed E-state index contributed by atoms with van der Waals surface area (Å²) in [6, 6.07) is 0. The quantitative estimate of drug-likeness (QED) is 0.448. The van der Waals surface area contributed by atoms with E-state index in [0.29, 0.717) is 42.6 Å². The number of hydrogen-bond acceptors (Lipinski definition) is 5. The third-order valence-electron chi connectivity index (χ3n) is 9.63. The van der Waals surface area contributed by atoms with E-state index in [-0.39, 0.29) is 30.1 Å². The molecular weight excluding hydrogens is 404 g/mol. The molecule has 3 aliphatic carbocycles. The molecule has 0 aliphatic heterocycles. The van der Waals surface area contributed by atoms with Crippen LogP contribution in [-0.2, 0) is 4.79 Å². The lowest BCUT2D eigenvalue weighted by Gasteiger charge is -2.54. The second-order valence-corrected chi connectivity index (χ2v) is 12.1. The lowest BCUT2D eigenvalue weighted by Crippen LogP contribution is -2.65. The van der Waals surface area contributed by atoms with Gasteiger partial charge in [-0.25, -0.2) is 0 Å². The SMILES string of the molecule is CC(C)CCC[C@@H](C)[C@H]1CC[C@@H](C2=C[C@@H](O)[C@@]3(O)C[C@@H](O)CC[C@]3(C)C2=O)[C@]1(C)CCO. The first-order valence-corrected chi connectivity index (χ1v) is 12.9. The summed E-state index contributed by atoms with van der Waals surface area (Å²) in [6.45, 7) is 10.9. The van der Waals surface area contributed by atoms with Gasteiger partial charge < -0.3 is 20.4 Å². The number of fused-ring (bicyclic) bond motifs is 1. The Bertz CT molecular complexity index is 717. The minimum atomic E-state index is -1.62. The average molecular weight is 451 g/mol. The van der Waals surface area contributed by atoms with Crippen LogP contribution >= 0.6 is 0 Å². The van der Waals surface area contributed by atoms with Crippen LogP contribution in [0.2, 0.25) is 0 Å². The van der Waals surface area contributed by atoms with E-state index in [1.807, 2.05) is 0 Å². The summed E-state index contributed by atoms with van der Waals surface area (Å²) in [5.41, 5.74) is -2.28. The normalized spacial score (nSPS) is 43.3. The second-order valence-electron chi connectivity index (χ2n) is 12.1. The standard InChI is InChI=1S/C27H46O5/c1-17(2)7-6-8-18(3)21-9-10-22(25(21,4)13-14-28)20-15-23(30)27(32)16-19(29)11-12-26(27,5)24(20)31/h15,17-19,21-23,28-30,32H,6-14,16H2,1-5H3/t18-,19+,21-,22+,23-,25-,26-,27+/m1/s1. The Morgan fingerprint density at radius 3 is 2.41 bits per heavy atom. The molecule has 5 nitrogen and oxygen atoms in total. The summed E-state index contributed by atoms with van der Waals surface area (Å²) < 4.78 is 0. The highest BCUT2D eigenvalue weighted by atomic mass is 16.3. The largest absolute Gasteiger partial charge is 0.396 e. The predicted octanol–water partition coefficient (Wildman–Crippen LogP) is 4.02. The molecule has 0 bridgehead atoms. The van der Waals surface area contributed by atoms with Crippen molar-refractivity contribution in [1.29, 1.82) is 0 Å². The molecule has 3 rings (SSSR count). The highest BCUT2D eigenvalue weighted by molar-refractivity contribution is 6.02. The Balaban J connectivity index is 1.90. The van der Waals surface area contributed by atoms with Gasteiger partial charge in [-0.05, 0) is 79.8 Å². The molecule has 5 heteroatoms. The van der Waals surface area contributed by atoms with Gasteiger partial charge in [-0.3, -0.25) is 4.79 Å². The molecule has 0 radical (unpaired) electrons. The number of carbonyl (C=O) groups is 1. The average Bonchev–Trinajstić information content (AvgIpc) is 3.04. The Morgan fingerprint density at radius 1 is 1.09 bits per heavy atom. The molecule has 8 atom stereocenters. The summed E-state index contributed by atoms with van der Waals surface area (Å²) in [5, 5.41) is 42.4. The maximum Gasteiger partial charge on any atom is 0.167 e. The third kappa shape index (κ3) is 4.23. The van der Waals surface area contributed by atoms with Crippen molar-refractivity contribution < 1.29 is 25.2 Å². The maximum absolute atomic E-state index is 13.9. The Kier molecular flexibility index (Phi) is 7.66. The highest BCUT2D eigenvalue weighted by Gasteiger charge is 2.63. The molecule has 0 heterocycles. The number of allylic oxidation sites excluding steroid dienone is 1. The molecule has 0 unspecified atom stereocenters. The van der Waals surface area contributed by atoms with Gasteiger partial charge in [0.1, 0.15) is 11.7 Å². The van der Waals surface area contributed by atoms with Crippen molar-refractivity contribution in [3.05, 3.63) is 11.6 Å². The third-order valence-corrected chi connectivity index (χ3v) is 9.63. The first-order valence-electron chi connectivity index (χ1n) is 12.9. The van der Waals surface area contributed by atoms with Crippen LogP contribution in [0.1, 0.15) is 92.4 Å². The second kappa shape index (κ2) is 9.48. The summed E-state index contributed by atoms with van der Waals surface area (Å²) in [7, 11) is 0. The number of aliphatic hydroxyl groups is 4. The molecule has 2 saturated carbocycles. The summed E-state index contributed by atoms with van der Waals surface area (Å²) in [4.78, 5) is 13.9. The smallest absolute Gasteiger partial charge is 0.167 e. The molecule has 0 aromatic heterocycles. The molecule has 32 heavy (non-hydrogen) atoms. The lowest BCUT2D eigenvalue weighted by molar-refractivity contribution is -0.191. The molecule has 0 aromatic rings. The van der Waals surface area contributed by atoms with E-state index in [9.17, 15) is 25.2 Å². The van der Waals surface area contributed by atoms with Crippen molar-refractivity contribution in [2.45, 2.75) is 110 Å². The van der Waals surface area contributed by atoms with Crippen molar-refractivity contribution in [2.24, 2.45) is 34.5 Å². The molecule has 4 N–H and O–H groups in total. The van der Waals surface area contributed by atoms with Gasteiger partial charge >= 0.3 is 0 Å². The first kappa shape index (κ1) is 25.9. The van der Waals surface area contributed by atoms with Crippen LogP contribution in [0.5, 0.6) is 0 Å². The zero-order valence-electron chi connectivity index (χ0n) is 20.8. The van der Waals surface area contributed by atoms with E-state index < -0.39 is 23.2 Å². The van der Waals surface area contributed by atoms with Gasteiger partial charge in [-0.1, -0.05) is 47.0 Å². The summed E-state index contributed by atoms with van der Waals surface area (Å²) in [5.74, 6) is 1.53. The van der Waals surface area contributed by atoms with E-state index in [4.69, 9.17) is 0 Å². The summed E-state index contributed by atoms with van der Waals surface area (Å²) in [6.07, 6.45) is 6.67. The molecule has 0 aromatic carbocycles. The van der Waals surface area contributed by atoms with Crippen LogP contribution in [0.3, 0.4) is 0 Å².